The second kappa shape index (κ2) is 7.49. The average molecular weight is 350 g/mol. The van der Waals surface area contributed by atoms with E-state index in [1.165, 1.54) is 4.88 Å². The van der Waals surface area contributed by atoms with E-state index in [0.29, 0.717) is 6.04 Å². The molecule has 0 spiro atoms. The maximum Gasteiger partial charge on any atom is 0.148 e. The van der Waals surface area contributed by atoms with Crippen molar-refractivity contribution >= 4 is 27.3 Å². The van der Waals surface area contributed by atoms with E-state index in [9.17, 15) is 0 Å². The molecule has 4 heteroatoms. The van der Waals surface area contributed by atoms with Crippen molar-refractivity contribution < 1.29 is 4.74 Å². The van der Waals surface area contributed by atoms with Gasteiger partial charge in [-0.1, -0.05) is 27.9 Å². The SMILES string of the molecule is C#CCOc1ccc(Br)cc1CNC(C)c1cccs1. The van der Waals surface area contributed by atoms with Crippen LogP contribution in [0.3, 0.4) is 0 Å². The highest BCUT2D eigenvalue weighted by Gasteiger charge is 2.09. The van der Waals surface area contributed by atoms with E-state index < -0.39 is 0 Å². The molecule has 1 atom stereocenters. The Hall–Kier alpha value is -1.28. The molecular formula is C16H16BrNOS. The van der Waals surface area contributed by atoms with Gasteiger partial charge in [0.15, 0.2) is 0 Å². The summed E-state index contributed by atoms with van der Waals surface area (Å²) in [6.07, 6.45) is 5.24. The van der Waals surface area contributed by atoms with Gasteiger partial charge in [-0.2, -0.15) is 0 Å². The number of hydrogen-bond donors (Lipinski definition) is 1. The van der Waals surface area contributed by atoms with Gasteiger partial charge in [-0.25, -0.2) is 0 Å². The number of nitrogens with one attached hydrogen (secondary N) is 1. The van der Waals surface area contributed by atoms with Crippen molar-refractivity contribution in [3.63, 3.8) is 0 Å². The second-order valence-corrected chi connectivity index (χ2v) is 6.26. The predicted octanol–water partition coefficient (Wildman–Crippen LogP) is 4.37. The molecule has 2 aromatic rings. The van der Waals surface area contributed by atoms with Gasteiger partial charge >= 0.3 is 0 Å². The average Bonchev–Trinajstić information content (AvgIpc) is 2.98. The third-order valence-electron chi connectivity index (χ3n) is 2.90. The molecule has 1 unspecified atom stereocenters. The van der Waals surface area contributed by atoms with Gasteiger partial charge in [-0.05, 0) is 36.6 Å². The quantitative estimate of drug-likeness (QED) is 0.781. The van der Waals surface area contributed by atoms with Gasteiger partial charge in [0.25, 0.3) is 0 Å². The highest BCUT2D eigenvalue weighted by atomic mass is 79.9. The maximum atomic E-state index is 5.57. The fraction of sp³-hybridized carbons (Fsp3) is 0.250. The molecular weight excluding hydrogens is 334 g/mol. The molecule has 1 heterocycles. The normalized spacial score (nSPS) is 11.8. The van der Waals surface area contributed by atoms with Gasteiger partial charge in [-0.3, -0.25) is 0 Å². The standard InChI is InChI=1S/C16H16BrNOS/c1-3-8-19-15-7-6-14(17)10-13(15)11-18-12(2)16-5-4-9-20-16/h1,4-7,9-10,12,18H,8,11H2,2H3. The lowest BCUT2D eigenvalue weighted by Gasteiger charge is -2.15. The minimum absolute atomic E-state index is 0.287. The second-order valence-electron chi connectivity index (χ2n) is 4.36. The van der Waals surface area contributed by atoms with Crippen molar-refractivity contribution in [2.24, 2.45) is 0 Å². The van der Waals surface area contributed by atoms with Crippen LogP contribution in [-0.2, 0) is 6.54 Å². The van der Waals surface area contributed by atoms with Crippen molar-refractivity contribution in [1.29, 1.82) is 0 Å². The first kappa shape index (κ1) is 15.1. The number of hydrogen-bond acceptors (Lipinski definition) is 3. The van der Waals surface area contributed by atoms with E-state index >= 15 is 0 Å². The van der Waals surface area contributed by atoms with Crippen LogP contribution in [0.5, 0.6) is 5.75 Å². The highest BCUT2D eigenvalue weighted by molar-refractivity contribution is 9.10. The molecule has 104 valence electrons. The molecule has 0 aliphatic rings. The highest BCUT2D eigenvalue weighted by Crippen LogP contribution is 2.25. The van der Waals surface area contributed by atoms with Crippen molar-refractivity contribution in [2.75, 3.05) is 6.61 Å². The molecule has 1 aromatic carbocycles. The van der Waals surface area contributed by atoms with Crippen molar-refractivity contribution in [2.45, 2.75) is 19.5 Å². The minimum atomic E-state index is 0.287. The Morgan fingerprint density at radius 1 is 1.45 bits per heavy atom. The summed E-state index contributed by atoms with van der Waals surface area (Å²) in [5, 5.41) is 5.59. The molecule has 0 saturated carbocycles. The maximum absolute atomic E-state index is 5.57. The zero-order chi connectivity index (χ0) is 14.4. The third-order valence-corrected chi connectivity index (χ3v) is 4.45. The van der Waals surface area contributed by atoms with Crippen LogP contribution in [0, 0.1) is 12.3 Å². The van der Waals surface area contributed by atoms with Gasteiger partial charge in [-0.15, -0.1) is 17.8 Å². The van der Waals surface area contributed by atoms with Crippen LogP contribution in [0.1, 0.15) is 23.4 Å². The van der Waals surface area contributed by atoms with Crippen LogP contribution in [0.15, 0.2) is 40.2 Å². The van der Waals surface area contributed by atoms with Crippen molar-refractivity contribution in [3.8, 4) is 18.1 Å². The summed E-state index contributed by atoms with van der Waals surface area (Å²) in [5.74, 6) is 3.32. The topological polar surface area (TPSA) is 21.3 Å². The first-order valence-corrected chi connectivity index (χ1v) is 7.99. The summed E-state index contributed by atoms with van der Waals surface area (Å²) in [6.45, 7) is 3.18. The fourth-order valence-electron chi connectivity index (χ4n) is 1.85. The molecule has 1 aromatic heterocycles. The molecule has 1 N–H and O–H groups in total. The van der Waals surface area contributed by atoms with Crippen LogP contribution in [0.4, 0.5) is 0 Å². The summed E-state index contributed by atoms with van der Waals surface area (Å²) >= 11 is 5.25. The number of thiophene rings is 1. The summed E-state index contributed by atoms with van der Waals surface area (Å²) < 4.78 is 6.60. The molecule has 20 heavy (non-hydrogen) atoms. The van der Waals surface area contributed by atoms with E-state index in [1.807, 2.05) is 12.1 Å². The Bertz CT molecular complexity index is 589. The molecule has 0 radical (unpaired) electrons. The zero-order valence-corrected chi connectivity index (χ0v) is 13.6. The minimum Gasteiger partial charge on any atom is -0.481 e. The van der Waals surface area contributed by atoms with Gasteiger partial charge < -0.3 is 10.1 Å². The molecule has 0 saturated heterocycles. The molecule has 2 rings (SSSR count). The van der Waals surface area contributed by atoms with E-state index in [1.54, 1.807) is 11.3 Å². The lowest BCUT2D eigenvalue weighted by atomic mass is 10.2. The molecule has 0 fully saturated rings. The summed E-state index contributed by atoms with van der Waals surface area (Å²) in [6, 6.07) is 10.5. The largest absolute Gasteiger partial charge is 0.481 e. The molecule has 0 bridgehead atoms. The van der Waals surface area contributed by atoms with Crippen molar-refractivity contribution in [3.05, 3.63) is 50.6 Å². The summed E-state index contributed by atoms with van der Waals surface area (Å²) in [7, 11) is 0. The Morgan fingerprint density at radius 2 is 2.30 bits per heavy atom. The van der Waals surface area contributed by atoms with Crippen LogP contribution in [-0.4, -0.2) is 6.61 Å². The summed E-state index contributed by atoms with van der Waals surface area (Å²) in [4.78, 5) is 1.33. The molecule has 0 aliphatic carbocycles. The first-order valence-electron chi connectivity index (χ1n) is 6.32. The molecule has 2 nitrogen and oxygen atoms in total. The van der Waals surface area contributed by atoms with Crippen LogP contribution >= 0.6 is 27.3 Å². The van der Waals surface area contributed by atoms with Crippen LogP contribution in [0.2, 0.25) is 0 Å². The Balaban J connectivity index is 2.04. The predicted molar refractivity (Wildman–Crippen MR) is 88.0 cm³/mol. The van der Waals surface area contributed by atoms with Gasteiger partial charge in [0.05, 0.1) is 0 Å². The van der Waals surface area contributed by atoms with E-state index in [2.05, 4.69) is 57.7 Å². The lowest BCUT2D eigenvalue weighted by Crippen LogP contribution is -2.17. The Morgan fingerprint density at radius 3 is 3.00 bits per heavy atom. The van der Waals surface area contributed by atoms with Crippen LogP contribution < -0.4 is 10.1 Å². The number of ether oxygens (including phenoxy) is 1. The molecule has 0 amide bonds. The number of rotatable bonds is 6. The number of terminal acetylenes is 1. The van der Waals surface area contributed by atoms with Crippen molar-refractivity contribution in [1.82, 2.24) is 5.32 Å². The number of halogens is 1. The monoisotopic (exact) mass is 349 g/mol. The first-order chi connectivity index (χ1) is 9.70. The van der Waals surface area contributed by atoms with Crippen LogP contribution in [0.25, 0.3) is 0 Å². The number of benzene rings is 1. The Labute approximate surface area is 132 Å². The Kier molecular flexibility index (Phi) is 5.66. The lowest BCUT2D eigenvalue weighted by molar-refractivity contribution is 0.364. The van der Waals surface area contributed by atoms with E-state index in [4.69, 9.17) is 11.2 Å². The third kappa shape index (κ3) is 4.11. The summed E-state index contributed by atoms with van der Waals surface area (Å²) in [5.41, 5.74) is 1.10. The van der Waals surface area contributed by atoms with Gasteiger partial charge in [0.1, 0.15) is 12.4 Å². The fourth-order valence-corrected chi connectivity index (χ4v) is 3.02. The van der Waals surface area contributed by atoms with Gasteiger partial charge in [0.2, 0.25) is 0 Å². The smallest absolute Gasteiger partial charge is 0.148 e. The van der Waals surface area contributed by atoms with Gasteiger partial charge in [0, 0.05) is 27.5 Å². The molecule has 0 aliphatic heterocycles. The van der Waals surface area contributed by atoms with E-state index in [-0.39, 0.29) is 6.61 Å². The van der Waals surface area contributed by atoms with E-state index in [0.717, 1.165) is 22.3 Å². The zero-order valence-electron chi connectivity index (χ0n) is 11.2.